The van der Waals surface area contributed by atoms with E-state index in [1.165, 1.54) is 19.9 Å². The van der Waals surface area contributed by atoms with Crippen molar-refractivity contribution >= 4 is 27.7 Å². The second kappa shape index (κ2) is 5.27. The lowest BCUT2D eigenvalue weighted by Gasteiger charge is -2.13. The van der Waals surface area contributed by atoms with Crippen LogP contribution in [0.4, 0.5) is 4.39 Å². The van der Waals surface area contributed by atoms with Crippen molar-refractivity contribution in [3.05, 3.63) is 28.0 Å². The van der Waals surface area contributed by atoms with Crippen molar-refractivity contribution < 1.29 is 23.8 Å². The van der Waals surface area contributed by atoms with E-state index in [0.717, 1.165) is 6.07 Å². The molecule has 17 heavy (non-hydrogen) atoms. The Kier molecular flexibility index (Phi) is 4.22. The third-order valence-electron chi connectivity index (χ3n) is 2.05. The second-order valence-corrected chi connectivity index (χ2v) is 4.27. The highest BCUT2D eigenvalue weighted by Crippen LogP contribution is 2.27. The van der Waals surface area contributed by atoms with E-state index in [9.17, 15) is 14.0 Å². The van der Waals surface area contributed by atoms with Gasteiger partial charge in [0.2, 0.25) is 0 Å². The van der Waals surface area contributed by atoms with Gasteiger partial charge in [0, 0.05) is 6.07 Å². The first-order valence-electron chi connectivity index (χ1n) is 4.72. The minimum atomic E-state index is -1.19. The molecule has 1 aromatic carbocycles. The fraction of sp³-hybridized carbons (Fsp3) is 0.273. The third kappa shape index (κ3) is 3.26. The van der Waals surface area contributed by atoms with Gasteiger partial charge < -0.3 is 9.84 Å². The summed E-state index contributed by atoms with van der Waals surface area (Å²) in [6, 6.07) is 2.25. The van der Waals surface area contributed by atoms with Crippen LogP contribution in [0.5, 0.6) is 5.75 Å². The minimum Gasteiger partial charge on any atom is -0.479 e. The Bertz CT molecular complexity index is 473. The van der Waals surface area contributed by atoms with Gasteiger partial charge in [-0.15, -0.1) is 0 Å². The van der Waals surface area contributed by atoms with Crippen LogP contribution in [0.3, 0.4) is 0 Å². The first-order valence-corrected chi connectivity index (χ1v) is 5.51. The molecule has 1 N–H and O–H groups in total. The lowest BCUT2D eigenvalue weighted by Crippen LogP contribution is -2.23. The van der Waals surface area contributed by atoms with Crippen LogP contribution in [0, 0.1) is 5.82 Å². The predicted octanol–water partition coefficient (Wildman–Crippen LogP) is 2.64. The summed E-state index contributed by atoms with van der Waals surface area (Å²) in [5.74, 6) is -2.23. The summed E-state index contributed by atoms with van der Waals surface area (Å²) in [6.07, 6.45) is -1.16. The number of halogens is 2. The number of hydrogen-bond acceptors (Lipinski definition) is 3. The van der Waals surface area contributed by atoms with Crippen molar-refractivity contribution in [1.82, 2.24) is 0 Å². The quantitative estimate of drug-likeness (QED) is 0.869. The Morgan fingerprint density at radius 3 is 2.53 bits per heavy atom. The average Bonchev–Trinajstić information content (AvgIpc) is 2.22. The largest absolute Gasteiger partial charge is 0.479 e. The molecule has 1 aromatic rings. The van der Waals surface area contributed by atoms with E-state index < -0.39 is 17.9 Å². The number of aliphatic carboxylic acids is 1. The average molecular weight is 305 g/mol. The molecule has 0 aliphatic carbocycles. The zero-order chi connectivity index (χ0) is 13.2. The first kappa shape index (κ1) is 13.6. The molecule has 0 saturated heterocycles. The van der Waals surface area contributed by atoms with E-state index >= 15 is 0 Å². The fourth-order valence-corrected chi connectivity index (χ4v) is 1.49. The highest BCUT2D eigenvalue weighted by Gasteiger charge is 2.18. The number of ether oxygens (including phenoxy) is 1. The number of benzene rings is 1. The van der Waals surface area contributed by atoms with E-state index in [1.54, 1.807) is 0 Å². The lowest BCUT2D eigenvalue weighted by molar-refractivity contribution is -0.144. The van der Waals surface area contributed by atoms with Gasteiger partial charge in [0.1, 0.15) is 11.6 Å². The Morgan fingerprint density at radius 2 is 2.06 bits per heavy atom. The molecule has 0 bridgehead atoms. The third-order valence-corrected chi connectivity index (χ3v) is 2.66. The summed E-state index contributed by atoms with van der Waals surface area (Å²) in [7, 11) is 0. The maximum Gasteiger partial charge on any atom is 0.344 e. The normalized spacial score (nSPS) is 12.0. The van der Waals surface area contributed by atoms with Crippen LogP contribution >= 0.6 is 15.9 Å². The Balaban J connectivity index is 3.17. The number of carbonyl (C=O) groups is 2. The first-order chi connectivity index (χ1) is 7.82. The van der Waals surface area contributed by atoms with Gasteiger partial charge in [-0.05, 0) is 35.8 Å². The molecule has 0 spiro atoms. The maximum atomic E-state index is 13.3. The van der Waals surface area contributed by atoms with Gasteiger partial charge in [-0.2, -0.15) is 0 Å². The molecule has 0 aromatic heterocycles. The number of carboxylic acids is 1. The standard InChI is InChI=1S/C11H10BrFO4/c1-5(14)7-3-8(12)9(13)4-10(7)17-6(2)11(15)16/h3-4,6H,1-2H3,(H,15,16)/t6-/m0/s1. The van der Waals surface area contributed by atoms with Gasteiger partial charge in [-0.3, -0.25) is 4.79 Å². The van der Waals surface area contributed by atoms with E-state index in [2.05, 4.69) is 15.9 Å². The van der Waals surface area contributed by atoms with Crippen LogP contribution < -0.4 is 4.74 Å². The molecular weight excluding hydrogens is 295 g/mol. The number of carbonyl (C=O) groups excluding carboxylic acids is 1. The van der Waals surface area contributed by atoms with Crippen LogP contribution in [0.25, 0.3) is 0 Å². The molecule has 1 atom stereocenters. The van der Waals surface area contributed by atoms with Crippen LogP contribution in [-0.2, 0) is 4.79 Å². The molecule has 0 heterocycles. The molecular formula is C11H10BrFO4. The number of carboxylic acid groups (broad SMARTS) is 1. The topological polar surface area (TPSA) is 63.6 Å². The van der Waals surface area contributed by atoms with Crippen molar-refractivity contribution in [2.75, 3.05) is 0 Å². The second-order valence-electron chi connectivity index (χ2n) is 3.42. The number of rotatable bonds is 4. The van der Waals surface area contributed by atoms with E-state index in [0.29, 0.717) is 0 Å². The zero-order valence-electron chi connectivity index (χ0n) is 9.16. The van der Waals surface area contributed by atoms with E-state index in [1.807, 2.05) is 0 Å². The van der Waals surface area contributed by atoms with Gasteiger partial charge in [-0.25, -0.2) is 9.18 Å². The van der Waals surface area contributed by atoms with Gasteiger partial charge in [0.25, 0.3) is 0 Å². The maximum absolute atomic E-state index is 13.3. The molecule has 0 saturated carbocycles. The molecule has 0 radical (unpaired) electrons. The summed E-state index contributed by atoms with van der Waals surface area (Å²) in [5.41, 5.74) is 0.131. The summed E-state index contributed by atoms with van der Waals surface area (Å²) < 4.78 is 18.4. The predicted molar refractivity (Wildman–Crippen MR) is 61.8 cm³/mol. The Labute approximate surface area is 106 Å². The molecule has 0 unspecified atom stereocenters. The molecule has 0 aliphatic heterocycles. The van der Waals surface area contributed by atoms with Crippen LogP contribution in [0.2, 0.25) is 0 Å². The van der Waals surface area contributed by atoms with Gasteiger partial charge in [0.05, 0.1) is 10.0 Å². The van der Waals surface area contributed by atoms with Gasteiger partial charge in [0.15, 0.2) is 11.9 Å². The van der Waals surface area contributed by atoms with E-state index in [-0.39, 0.29) is 21.6 Å². The zero-order valence-corrected chi connectivity index (χ0v) is 10.7. The van der Waals surface area contributed by atoms with Crippen molar-refractivity contribution in [1.29, 1.82) is 0 Å². The molecule has 92 valence electrons. The highest BCUT2D eigenvalue weighted by molar-refractivity contribution is 9.10. The van der Waals surface area contributed by atoms with Crippen LogP contribution in [0.1, 0.15) is 24.2 Å². The summed E-state index contributed by atoms with van der Waals surface area (Å²) in [4.78, 5) is 21.9. The molecule has 6 heteroatoms. The highest BCUT2D eigenvalue weighted by atomic mass is 79.9. The van der Waals surface area contributed by atoms with Crippen molar-refractivity contribution in [3.8, 4) is 5.75 Å². The molecule has 0 fully saturated rings. The van der Waals surface area contributed by atoms with Crippen molar-refractivity contribution in [2.45, 2.75) is 20.0 Å². The SMILES string of the molecule is CC(=O)c1cc(Br)c(F)cc1O[C@@H](C)C(=O)O. The van der Waals surface area contributed by atoms with Gasteiger partial charge >= 0.3 is 5.97 Å². The number of Topliss-reactive ketones (excluding diaryl/α,β-unsaturated/α-hetero) is 1. The fourth-order valence-electron chi connectivity index (χ4n) is 1.14. The Hall–Kier alpha value is -1.43. The number of ketones is 1. The summed E-state index contributed by atoms with van der Waals surface area (Å²) in [6.45, 7) is 2.59. The van der Waals surface area contributed by atoms with E-state index in [4.69, 9.17) is 9.84 Å². The lowest BCUT2D eigenvalue weighted by atomic mass is 10.1. The molecule has 1 rings (SSSR count). The molecule has 0 amide bonds. The molecule has 0 aliphatic rings. The molecule has 4 nitrogen and oxygen atoms in total. The van der Waals surface area contributed by atoms with Crippen LogP contribution in [0.15, 0.2) is 16.6 Å². The monoisotopic (exact) mass is 304 g/mol. The van der Waals surface area contributed by atoms with Crippen molar-refractivity contribution in [2.24, 2.45) is 0 Å². The summed E-state index contributed by atoms with van der Waals surface area (Å²) in [5, 5.41) is 8.68. The number of hydrogen-bond donors (Lipinski definition) is 1. The summed E-state index contributed by atoms with van der Waals surface area (Å²) >= 11 is 2.94. The van der Waals surface area contributed by atoms with Crippen molar-refractivity contribution in [3.63, 3.8) is 0 Å². The van der Waals surface area contributed by atoms with Crippen LogP contribution in [-0.4, -0.2) is 23.0 Å². The Morgan fingerprint density at radius 1 is 1.47 bits per heavy atom. The smallest absolute Gasteiger partial charge is 0.344 e. The van der Waals surface area contributed by atoms with Gasteiger partial charge in [-0.1, -0.05) is 0 Å². The minimum absolute atomic E-state index is 0.0758.